The summed E-state index contributed by atoms with van der Waals surface area (Å²) in [5.74, 6) is 0. The van der Waals surface area contributed by atoms with E-state index in [9.17, 15) is 9.59 Å². The molecule has 1 aromatic heterocycles. The van der Waals surface area contributed by atoms with E-state index in [0.717, 1.165) is 25.9 Å². The van der Waals surface area contributed by atoms with Gasteiger partial charge in [-0.1, -0.05) is 11.6 Å². The van der Waals surface area contributed by atoms with Crippen molar-refractivity contribution in [1.29, 1.82) is 0 Å². The van der Waals surface area contributed by atoms with Crippen LogP contribution < -0.4 is 11.2 Å². The van der Waals surface area contributed by atoms with Crippen molar-refractivity contribution in [3.05, 3.63) is 32.1 Å². The molecule has 0 bridgehead atoms. The maximum Gasteiger partial charge on any atom is 0.329 e. The third-order valence-electron chi connectivity index (χ3n) is 2.99. The molecule has 16 heavy (non-hydrogen) atoms. The van der Waals surface area contributed by atoms with Gasteiger partial charge in [0, 0.05) is 12.1 Å². The van der Waals surface area contributed by atoms with Crippen LogP contribution in [0.2, 0.25) is 5.15 Å². The van der Waals surface area contributed by atoms with Gasteiger partial charge in [0.1, 0.15) is 5.15 Å². The Hall–Kier alpha value is -1.07. The standard InChI is InChI=1S/C10H14ClN3O2/c1-13-4-2-7(3-5-13)14-9(15)6-8(11)12-10(14)16/h6-7H,2-5H2,1H3,(H,12,16). The molecule has 1 aromatic rings. The minimum absolute atomic E-state index is 0.00952. The molecule has 0 radical (unpaired) electrons. The van der Waals surface area contributed by atoms with Gasteiger partial charge in [0.25, 0.3) is 5.56 Å². The van der Waals surface area contributed by atoms with E-state index < -0.39 is 5.69 Å². The Morgan fingerprint density at radius 2 is 2.00 bits per heavy atom. The van der Waals surface area contributed by atoms with Gasteiger partial charge in [-0.15, -0.1) is 0 Å². The number of nitrogens with zero attached hydrogens (tertiary/aromatic N) is 2. The molecule has 2 heterocycles. The average Bonchev–Trinajstić information content (AvgIpc) is 2.19. The summed E-state index contributed by atoms with van der Waals surface area (Å²) in [6.45, 7) is 1.80. The fraction of sp³-hybridized carbons (Fsp3) is 0.600. The number of H-pyrrole nitrogens is 1. The maximum absolute atomic E-state index is 11.7. The van der Waals surface area contributed by atoms with Gasteiger partial charge in [-0.3, -0.25) is 14.3 Å². The van der Waals surface area contributed by atoms with E-state index in [1.54, 1.807) is 0 Å². The summed E-state index contributed by atoms with van der Waals surface area (Å²) < 4.78 is 1.28. The molecule has 0 unspecified atom stereocenters. The number of piperidine rings is 1. The average molecular weight is 244 g/mol. The third kappa shape index (κ3) is 2.20. The van der Waals surface area contributed by atoms with Gasteiger partial charge >= 0.3 is 5.69 Å². The van der Waals surface area contributed by atoms with Crippen LogP contribution in [0.4, 0.5) is 0 Å². The predicted molar refractivity (Wildman–Crippen MR) is 62.1 cm³/mol. The fourth-order valence-electron chi connectivity index (χ4n) is 2.08. The molecular formula is C10H14ClN3O2. The Morgan fingerprint density at radius 3 is 2.56 bits per heavy atom. The number of aromatic amines is 1. The molecule has 5 nitrogen and oxygen atoms in total. The molecule has 0 aromatic carbocycles. The van der Waals surface area contributed by atoms with Crippen LogP contribution in [-0.2, 0) is 0 Å². The number of halogens is 1. The van der Waals surface area contributed by atoms with Crippen LogP contribution in [0.15, 0.2) is 15.7 Å². The minimum atomic E-state index is -0.410. The van der Waals surface area contributed by atoms with Crippen molar-refractivity contribution in [2.24, 2.45) is 0 Å². The first-order valence-electron chi connectivity index (χ1n) is 5.28. The van der Waals surface area contributed by atoms with E-state index in [2.05, 4.69) is 9.88 Å². The van der Waals surface area contributed by atoms with Gasteiger partial charge in [-0.2, -0.15) is 0 Å². The Kier molecular flexibility index (Phi) is 3.16. The zero-order chi connectivity index (χ0) is 11.7. The summed E-state index contributed by atoms with van der Waals surface area (Å²) in [6, 6.07) is 1.24. The highest BCUT2D eigenvalue weighted by Gasteiger charge is 2.21. The number of likely N-dealkylation sites (tertiary alicyclic amines) is 1. The van der Waals surface area contributed by atoms with Crippen molar-refractivity contribution in [3.63, 3.8) is 0 Å². The number of aromatic nitrogens is 2. The molecule has 0 amide bonds. The van der Waals surface area contributed by atoms with Gasteiger partial charge in [0.05, 0.1) is 0 Å². The molecule has 6 heteroatoms. The molecular weight excluding hydrogens is 230 g/mol. The van der Waals surface area contributed by atoms with Crippen molar-refractivity contribution in [1.82, 2.24) is 14.5 Å². The van der Waals surface area contributed by atoms with Gasteiger partial charge in [0.2, 0.25) is 0 Å². The highest BCUT2D eigenvalue weighted by Crippen LogP contribution is 2.18. The number of hydrogen-bond donors (Lipinski definition) is 1. The van der Waals surface area contributed by atoms with E-state index in [1.807, 2.05) is 7.05 Å². The zero-order valence-electron chi connectivity index (χ0n) is 9.07. The summed E-state index contributed by atoms with van der Waals surface area (Å²) in [4.78, 5) is 28.0. The van der Waals surface area contributed by atoms with Crippen LogP contribution in [0.5, 0.6) is 0 Å². The molecule has 1 N–H and O–H groups in total. The Morgan fingerprint density at radius 1 is 1.38 bits per heavy atom. The van der Waals surface area contributed by atoms with Crippen molar-refractivity contribution >= 4 is 11.6 Å². The summed E-state index contributed by atoms with van der Waals surface area (Å²) in [7, 11) is 2.03. The van der Waals surface area contributed by atoms with Crippen molar-refractivity contribution in [2.75, 3.05) is 20.1 Å². The Bertz CT molecular complexity index is 454. The normalized spacial score (nSPS) is 18.9. The van der Waals surface area contributed by atoms with Crippen LogP contribution >= 0.6 is 11.6 Å². The number of nitrogens with one attached hydrogen (secondary N) is 1. The lowest BCUT2D eigenvalue weighted by atomic mass is 10.1. The second-order valence-corrected chi connectivity index (χ2v) is 4.57. The number of rotatable bonds is 1. The first-order chi connectivity index (χ1) is 7.58. The van der Waals surface area contributed by atoms with Crippen LogP contribution in [0.1, 0.15) is 18.9 Å². The first-order valence-corrected chi connectivity index (χ1v) is 5.65. The molecule has 2 rings (SSSR count). The van der Waals surface area contributed by atoms with E-state index in [-0.39, 0.29) is 16.8 Å². The van der Waals surface area contributed by atoms with E-state index >= 15 is 0 Å². The lowest BCUT2D eigenvalue weighted by Crippen LogP contribution is -2.42. The van der Waals surface area contributed by atoms with E-state index in [1.165, 1.54) is 10.6 Å². The molecule has 0 saturated carbocycles. The summed E-state index contributed by atoms with van der Waals surface area (Å²) in [5, 5.41) is 0.0965. The Labute approximate surface area is 97.7 Å². The quantitative estimate of drug-likeness (QED) is 0.729. The van der Waals surface area contributed by atoms with Gasteiger partial charge in [0.15, 0.2) is 0 Å². The lowest BCUT2D eigenvalue weighted by molar-refractivity contribution is 0.215. The number of hydrogen-bond acceptors (Lipinski definition) is 3. The smallest absolute Gasteiger partial charge is 0.306 e. The predicted octanol–water partition coefficient (Wildman–Crippen LogP) is 0.457. The van der Waals surface area contributed by atoms with Crippen molar-refractivity contribution in [2.45, 2.75) is 18.9 Å². The molecule has 88 valence electrons. The van der Waals surface area contributed by atoms with Crippen molar-refractivity contribution < 1.29 is 0 Å². The molecule has 0 aliphatic carbocycles. The summed E-state index contributed by atoms with van der Waals surface area (Å²) >= 11 is 5.61. The molecule has 0 spiro atoms. The minimum Gasteiger partial charge on any atom is -0.306 e. The molecule has 0 atom stereocenters. The highest BCUT2D eigenvalue weighted by molar-refractivity contribution is 6.29. The molecule has 1 fully saturated rings. The monoisotopic (exact) mass is 243 g/mol. The van der Waals surface area contributed by atoms with E-state index in [4.69, 9.17) is 11.6 Å². The summed E-state index contributed by atoms with van der Waals surface area (Å²) in [5.41, 5.74) is -0.727. The van der Waals surface area contributed by atoms with Gasteiger partial charge in [-0.25, -0.2) is 4.79 Å². The second kappa shape index (κ2) is 4.43. The SMILES string of the molecule is CN1CCC(n2c(=O)cc(Cl)[nH]c2=O)CC1. The molecule has 1 aliphatic heterocycles. The van der Waals surface area contributed by atoms with Crippen molar-refractivity contribution in [3.8, 4) is 0 Å². The Balaban J connectivity index is 2.34. The second-order valence-electron chi connectivity index (χ2n) is 4.17. The lowest BCUT2D eigenvalue weighted by Gasteiger charge is -2.29. The molecule has 1 saturated heterocycles. The largest absolute Gasteiger partial charge is 0.329 e. The topological polar surface area (TPSA) is 58.1 Å². The fourth-order valence-corrected chi connectivity index (χ4v) is 2.25. The zero-order valence-corrected chi connectivity index (χ0v) is 9.83. The van der Waals surface area contributed by atoms with Crippen LogP contribution in [0, 0.1) is 0 Å². The van der Waals surface area contributed by atoms with Gasteiger partial charge in [-0.05, 0) is 33.0 Å². The molecule has 1 aliphatic rings. The van der Waals surface area contributed by atoms with Crippen LogP contribution in [0.3, 0.4) is 0 Å². The van der Waals surface area contributed by atoms with Crippen LogP contribution in [-0.4, -0.2) is 34.6 Å². The third-order valence-corrected chi connectivity index (χ3v) is 3.19. The van der Waals surface area contributed by atoms with Crippen LogP contribution in [0.25, 0.3) is 0 Å². The first kappa shape index (κ1) is 11.4. The highest BCUT2D eigenvalue weighted by atomic mass is 35.5. The maximum atomic E-state index is 11.7. The summed E-state index contributed by atoms with van der Waals surface area (Å²) in [6.07, 6.45) is 1.64. The van der Waals surface area contributed by atoms with E-state index in [0.29, 0.717) is 0 Å². The van der Waals surface area contributed by atoms with Gasteiger partial charge < -0.3 is 4.90 Å².